The molecule has 0 fully saturated rings. The molecule has 5 heteroatoms. The fourth-order valence-electron chi connectivity index (χ4n) is 3.22. The lowest BCUT2D eigenvalue weighted by Crippen LogP contribution is -2.38. The molecular weight excluding hydrogens is 318 g/mol. The SMILES string of the molecule is O=C(O[C@H]1C=C[C@H](N2C(=O)c3ccccc3C2=O)C1)c1ccccc1. The summed E-state index contributed by atoms with van der Waals surface area (Å²) in [5.74, 6) is -1.02. The summed E-state index contributed by atoms with van der Waals surface area (Å²) in [5, 5.41) is 0. The van der Waals surface area contributed by atoms with Crippen LogP contribution < -0.4 is 0 Å². The first kappa shape index (κ1) is 15.3. The number of hydrogen-bond acceptors (Lipinski definition) is 4. The topological polar surface area (TPSA) is 63.7 Å². The average molecular weight is 333 g/mol. The molecule has 4 rings (SSSR count). The number of fused-ring (bicyclic) bond motifs is 1. The van der Waals surface area contributed by atoms with Crippen molar-refractivity contribution in [3.8, 4) is 0 Å². The Morgan fingerprint density at radius 1 is 0.880 bits per heavy atom. The van der Waals surface area contributed by atoms with Gasteiger partial charge in [0.1, 0.15) is 6.10 Å². The Balaban J connectivity index is 1.46. The largest absolute Gasteiger partial charge is 0.454 e. The molecular formula is C20H15NO4. The summed E-state index contributed by atoms with van der Waals surface area (Å²) >= 11 is 0. The Kier molecular flexibility index (Phi) is 3.69. The first-order chi connectivity index (χ1) is 12.1. The highest BCUT2D eigenvalue weighted by molar-refractivity contribution is 6.21. The van der Waals surface area contributed by atoms with Crippen molar-refractivity contribution in [1.82, 2.24) is 4.90 Å². The van der Waals surface area contributed by atoms with Crippen molar-refractivity contribution < 1.29 is 19.1 Å². The minimum absolute atomic E-state index is 0.301. The Morgan fingerprint density at radius 2 is 1.48 bits per heavy atom. The highest BCUT2D eigenvalue weighted by Crippen LogP contribution is 2.29. The number of esters is 1. The monoisotopic (exact) mass is 333 g/mol. The highest BCUT2D eigenvalue weighted by Gasteiger charge is 2.41. The summed E-state index contributed by atoms with van der Waals surface area (Å²) in [4.78, 5) is 38.4. The second kappa shape index (κ2) is 6.02. The van der Waals surface area contributed by atoms with Gasteiger partial charge in [-0.25, -0.2) is 4.79 Å². The van der Waals surface area contributed by atoms with E-state index in [0.717, 1.165) is 0 Å². The molecule has 2 aromatic carbocycles. The van der Waals surface area contributed by atoms with Gasteiger partial charge in [0.2, 0.25) is 0 Å². The number of benzene rings is 2. The lowest BCUT2D eigenvalue weighted by molar-refractivity contribution is 0.0361. The van der Waals surface area contributed by atoms with Gasteiger partial charge in [0.05, 0.1) is 22.7 Å². The van der Waals surface area contributed by atoms with Crippen LogP contribution in [0.4, 0.5) is 0 Å². The molecule has 0 unspecified atom stereocenters. The second-order valence-corrected chi connectivity index (χ2v) is 6.02. The van der Waals surface area contributed by atoms with E-state index in [2.05, 4.69) is 0 Å². The molecule has 2 amide bonds. The fraction of sp³-hybridized carbons (Fsp3) is 0.150. The van der Waals surface area contributed by atoms with Crippen molar-refractivity contribution in [2.75, 3.05) is 0 Å². The molecule has 2 atom stereocenters. The maximum Gasteiger partial charge on any atom is 0.338 e. The maximum absolute atomic E-state index is 12.5. The third-order valence-electron chi connectivity index (χ3n) is 4.45. The fourth-order valence-corrected chi connectivity index (χ4v) is 3.22. The number of rotatable bonds is 3. The van der Waals surface area contributed by atoms with E-state index in [-0.39, 0.29) is 11.8 Å². The molecule has 1 aliphatic heterocycles. The van der Waals surface area contributed by atoms with Crippen LogP contribution in [0.1, 0.15) is 37.5 Å². The molecule has 5 nitrogen and oxygen atoms in total. The van der Waals surface area contributed by atoms with Crippen LogP contribution in [0.25, 0.3) is 0 Å². The van der Waals surface area contributed by atoms with Crippen molar-refractivity contribution in [2.24, 2.45) is 0 Å². The van der Waals surface area contributed by atoms with E-state index >= 15 is 0 Å². The number of carbonyl (C=O) groups is 3. The molecule has 0 saturated heterocycles. The Morgan fingerprint density at radius 3 is 2.12 bits per heavy atom. The predicted octanol–water partition coefficient (Wildman–Crippen LogP) is 2.84. The summed E-state index contributed by atoms with van der Waals surface area (Å²) in [6.45, 7) is 0. The van der Waals surface area contributed by atoms with Gasteiger partial charge in [-0.2, -0.15) is 0 Å². The Bertz CT molecular complexity index is 853. The Hall–Kier alpha value is -3.21. The van der Waals surface area contributed by atoms with Gasteiger partial charge in [0, 0.05) is 6.42 Å². The van der Waals surface area contributed by atoms with Crippen LogP contribution in [0.2, 0.25) is 0 Å². The van der Waals surface area contributed by atoms with Gasteiger partial charge in [0.25, 0.3) is 11.8 Å². The highest BCUT2D eigenvalue weighted by atomic mass is 16.5. The molecule has 1 aliphatic carbocycles. The zero-order valence-corrected chi connectivity index (χ0v) is 13.3. The van der Waals surface area contributed by atoms with E-state index in [1.54, 1.807) is 60.7 Å². The van der Waals surface area contributed by atoms with E-state index in [1.165, 1.54) is 4.90 Å². The quantitative estimate of drug-likeness (QED) is 0.492. The van der Waals surface area contributed by atoms with E-state index in [9.17, 15) is 14.4 Å². The molecule has 0 spiro atoms. The minimum Gasteiger partial charge on any atom is -0.454 e. The zero-order chi connectivity index (χ0) is 17.4. The van der Waals surface area contributed by atoms with Gasteiger partial charge < -0.3 is 4.74 Å². The van der Waals surface area contributed by atoms with Gasteiger partial charge >= 0.3 is 5.97 Å². The second-order valence-electron chi connectivity index (χ2n) is 6.02. The smallest absolute Gasteiger partial charge is 0.338 e. The Labute approximate surface area is 144 Å². The standard InChI is InChI=1S/C20H15NO4/c22-18-16-8-4-5-9-17(16)19(23)21(18)14-10-11-15(12-14)25-20(24)13-6-2-1-3-7-13/h1-11,14-15H,12H2/t14-,15-/m0/s1. The first-order valence-electron chi connectivity index (χ1n) is 8.06. The summed E-state index contributed by atoms with van der Waals surface area (Å²) in [7, 11) is 0. The van der Waals surface area contributed by atoms with Crippen molar-refractivity contribution >= 4 is 17.8 Å². The van der Waals surface area contributed by atoms with Crippen LogP contribution in [0, 0.1) is 0 Å². The summed E-state index contributed by atoms with van der Waals surface area (Å²) in [6.07, 6.45) is 3.41. The van der Waals surface area contributed by atoms with Gasteiger partial charge in [-0.3, -0.25) is 14.5 Å². The normalized spacial score (nSPS) is 21.5. The van der Waals surface area contributed by atoms with Crippen LogP contribution >= 0.6 is 0 Å². The molecule has 0 bridgehead atoms. The van der Waals surface area contributed by atoms with Crippen LogP contribution in [-0.4, -0.2) is 34.8 Å². The van der Waals surface area contributed by atoms with Gasteiger partial charge in [-0.05, 0) is 30.3 Å². The summed E-state index contributed by atoms with van der Waals surface area (Å²) in [6, 6.07) is 15.1. The average Bonchev–Trinajstić information content (AvgIpc) is 3.19. The predicted molar refractivity (Wildman–Crippen MR) is 90.1 cm³/mol. The van der Waals surface area contributed by atoms with Crippen LogP contribution in [0.5, 0.6) is 0 Å². The van der Waals surface area contributed by atoms with Crippen LogP contribution in [0.3, 0.4) is 0 Å². The van der Waals surface area contributed by atoms with Crippen molar-refractivity contribution in [1.29, 1.82) is 0 Å². The molecule has 0 N–H and O–H groups in total. The first-order valence-corrected chi connectivity index (χ1v) is 8.06. The van der Waals surface area contributed by atoms with E-state index in [4.69, 9.17) is 4.74 Å². The van der Waals surface area contributed by atoms with Crippen LogP contribution in [-0.2, 0) is 4.74 Å². The molecule has 25 heavy (non-hydrogen) atoms. The summed E-state index contributed by atoms with van der Waals surface area (Å²) in [5.41, 5.74) is 1.32. The van der Waals surface area contributed by atoms with E-state index in [1.807, 2.05) is 6.07 Å². The number of imide groups is 1. The third kappa shape index (κ3) is 2.63. The van der Waals surface area contributed by atoms with Crippen molar-refractivity contribution in [2.45, 2.75) is 18.6 Å². The lowest BCUT2D eigenvalue weighted by Gasteiger charge is -2.21. The molecule has 124 valence electrons. The number of ether oxygens (including phenoxy) is 1. The lowest BCUT2D eigenvalue weighted by atomic mass is 10.1. The molecule has 1 heterocycles. The van der Waals surface area contributed by atoms with Crippen LogP contribution in [0.15, 0.2) is 66.7 Å². The van der Waals surface area contributed by atoms with Gasteiger partial charge in [-0.1, -0.05) is 36.4 Å². The van der Waals surface area contributed by atoms with Crippen molar-refractivity contribution in [3.05, 3.63) is 83.4 Å². The van der Waals surface area contributed by atoms with E-state index in [0.29, 0.717) is 23.1 Å². The molecule has 0 aromatic heterocycles. The van der Waals surface area contributed by atoms with Gasteiger partial charge in [-0.15, -0.1) is 0 Å². The summed E-state index contributed by atoms with van der Waals surface area (Å²) < 4.78 is 5.46. The van der Waals surface area contributed by atoms with Crippen molar-refractivity contribution in [3.63, 3.8) is 0 Å². The molecule has 0 radical (unpaired) electrons. The number of hydrogen-bond donors (Lipinski definition) is 0. The van der Waals surface area contributed by atoms with E-state index < -0.39 is 18.1 Å². The number of nitrogens with zero attached hydrogens (tertiary/aromatic N) is 1. The molecule has 2 aliphatic rings. The number of carbonyl (C=O) groups excluding carboxylic acids is 3. The third-order valence-corrected chi connectivity index (χ3v) is 4.45. The molecule has 0 saturated carbocycles. The molecule has 2 aromatic rings. The minimum atomic E-state index is -0.456. The maximum atomic E-state index is 12.5. The number of amides is 2. The zero-order valence-electron chi connectivity index (χ0n) is 13.3. The van der Waals surface area contributed by atoms with Gasteiger partial charge in [0.15, 0.2) is 0 Å².